The van der Waals surface area contributed by atoms with Gasteiger partial charge in [-0.15, -0.1) is 0 Å². The lowest BCUT2D eigenvalue weighted by Crippen LogP contribution is -2.34. The van der Waals surface area contributed by atoms with Crippen LogP contribution < -0.4 is 5.73 Å². The van der Waals surface area contributed by atoms with Crippen molar-refractivity contribution in [3.05, 3.63) is 70.8 Å². The third kappa shape index (κ3) is 3.10. The maximum atomic E-state index is 13.0. The molecule has 0 saturated carbocycles. The van der Waals surface area contributed by atoms with Gasteiger partial charge in [-0.25, -0.2) is 0 Å². The van der Waals surface area contributed by atoms with E-state index >= 15 is 0 Å². The van der Waals surface area contributed by atoms with Gasteiger partial charge in [0.2, 0.25) is 0 Å². The first kappa shape index (κ1) is 18.4. The molecule has 0 spiro atoms. The molecule has 2 aliphatic heterocycles. The number of nitrogens with two attached hydrogens (primary N) is 1. The van der Waals surface area contributed by atoms with Crippen molar-refractivity contribution in [2.75, 3.05) is 13.1 Å². The minimum atomic E-state index is -0.295. The summed E-state index contributed by atoms with van der Waals surface area (Å²) in [6.07, 6.45) is 0.914. The Labute approximate surface area is 163 Å². The molecule has 2 atom stereocenters. The minimum absolute atomic E-state index is 0.0346. The first-order valence-corrected chi connectivity index (χ1v) is 9.54. The summed E-state index contributed by atoms with van der Waals surface area (Å²) in [6, 6.07) is 14.2. The normalized spacial score (nSPS) is 21.4. The van der Waals surface area contributed by atoms with Crippen LogP contribution >= 0.6 is 0 Å². The summed E-state index contributed by atoms with van der Waals surface area (Å²) in [5.74, 6) is -0.291. The molecule has 2 N–H and O–H groups in total. The molecule has 2 heterocycles. The molecule has 0 radical (unpaired) electrons. The zero-order valence-corrected chi connectivity index (χ0v) is 15.8. The lowest BCUT2D eigenvalue weighted by Gasteiger charge is -2.22. The van der Waals surface area contributed by atoms with Gasteiger partial charge in [-0.3, -0.25) is 19.3 Å². The number of carbonyl (C=O) groups excluding carboxylic acids is 3. The summed E-state index contributed by atoms with van der Waals surface area (Å²) in [7, 11) is 0. The minimum Gasteiger partial charge on any atom is -0.336 e. The van der Waals surface area contributed by atoms with Gasteiger partial charge in [0.05, 0.1) is 17.7 Å². The van der Waals surface area contributed by atoms with E-state index in [1.165, 1.54) is 4.90 Å². The largest absolute Gasteiger partial charge is 0.336 e. The lowest BCUT2D eigenvalue weighted by molar-refractivity contribution is 0.0642. The van der Waals surface area contributed by atoms with Crippen LogP contribution in [0.5, 0.6) is 0 Å². The van der Waals surface area contributed by atoms with Crippen LogP contribution in [-0.2, 0) is 6.54 Å². The summed E-state index contributed by atoms with van der Waals surface area (Å²) >= 11 is 0. The van der Waals surface area contributed by atoms with Crippen molar-refractivity contribution in [1.82, 2.24) is 9.80 Å². The zero-order valence-electron chi connectivity index (χ0n) is 15.8. The van der Waals surface area contributed by atoms with Gasteiger partial charge in [0.15, 0.2) is 0 Å². The van der Waals surface area contributed by atoms with E-state index in [2.05, 4.69) is 0 Å². The van der Waals surface area contributed by atoms with Gasteiger partial charge in [-0.1, -0.05) is 24.3 Å². The van der Waals surface area contributed by atoms with Crippen LogP contribution in [0.4, 0.5) is 0 Å². The van der Waals surface area contributed by atoms with E-state index in [9.17, 15) is 14.4 Å². The number of rotatable bonds is 4. The highest BCUT2D eigenvalue weighted by molar-refractivity contribution is 6.21. The first-order chi connectivity index (χ1) is 13.5. The van der Waals surface area contributed by atoms with Gasteiger partial charge in [-0.2, -0.15) is 0 Å². The molecule has 0 bridgehead atoms. The van der Waals surface area contributed by atoms with Crippen molar-refractivity contribution in [3.8, 4) is 0 Å². The molecule has 2 aromatic rings. The number of amides is 3. The summed E-state index contributed by atoms with van der Waals surface area (Å²) in [6.45, 7) is 3.43. The smallest absolute Gasteiger partial charge is 0.261 e. The van der Waals surface area contributed by atoms with Crippen molar-refractivity contribution < 1.29 is 14.4 Å². The Morgan fingerprint density at radius 1 is 1.07 bits per heavy atom. The fourth-order valence-corrected chi connectivity index (χ4v) is 4.13. The van der Waals surface area contributed by atoms with Crippen LogP contribution in [0.2, 0.25) is 0 Å². The third-order valence-electron chi connectivity index (χ3n) is 5.65. The maximum absolute atomic E-state index is 13.0. The fraction of sp³-hybridized carbons (Fsp3) is 0.318. The van der Waals surface area contributed by atoms with Crippen molar-refractivity contribution >= 4 is 17.7 Å². The highest BCUT2D eigenvalue weighted by atomic mass is 16.2. The Kier molecular flexibility index (Phi) is 4.73. The number of imide groups is 1. The average Bonchev–Trinajstić information content (AvgIpc) is 3.21. The number of likely N-dealkylation sites (tertiary alicyclic amines) is 1. The van der Waals surface area contributed by atoms with E-state index in [-0.39, 0.29) is 30.3 Å². The van der Waals surface area contributed by atoms with Gasteiger partial charge in [0, 0.05) is 18.2 Å². The zero-order chi connectivity index (χ0) is 19.8. The van der Waals surface area contributed by atoms with Crippen molar-refractivity contribution in [2.24, 2.45) is 11.7 Å². The van der Waals surface area contributed by atoms with Gasteiger partial charge in [0.1, 0.15) is 0 Å². The number of benzene rings is 2. The summed E-state index contributed by atoms with van der Waals surface area (Å²) < 4.78 is 0. The lowest BCUT2D eigenvalue weighted by atomic mass is 10.1. The molecular formula is C22H23N3O3. The van der Waals surface area contributed by atoms with Crippen molar-refractivity contribution in [3.63, 3.8) is 0 Å². The second-order valence-electron chi connectivity index (χ2n) is 7.59. The van der Waals surface area contributed by atoms with Gasteiger partial charge in [-0.05, 0) is 55.6 Å². The fourth-order valence-electron chi connectivity index (χ4n) is 4.13. The van der Waals surface area contributed by atoms with E-state index in [0.717, 1.165) is 12.0 Å². The second kappa shape index (κ2) is 7.20. The summed E-state index contributed by atoms with van der Waals surface area (Å²) in [4.78, 5) is 41.2. The molecule has 0 aliphatic carbocycles. The quantitative estimate of drug-likeness (QED) is 0.829. The van der Waals surface area contributed by atoms with E-state index in [0.29, 0.717) is 35.7 Å². The molecule has 144 valence electrons. The van der Waals surface area contributed by atoms with Gasteiger partial charge < -0.3 is 10.6 Å². The summed E-state index contributed by atoms with van der Waals surface area (Å²) in [5.41, 5.74) is 7.95. The third-order valence-corrected chi connectivity index (χ3v) is 5.65. The molecule has 6 heteroatoms. The Balaban J connectivity index is 1.53. The Morgan fingerprint density at radius 3 is 2.36 bits per heavy atom. The van der Waals surface area contributed by atoms with Crippen LogP contribution in [0.15, 0.2) is 48.5 Å². The molecular weight excluding hydrogens is 354 g/mol. The average molecular weight is 377 g/mol. The molecule has 2 aromatic carbocycles. The number of hydrogen-bond donors (Lipinski definition) is 1. The molecule has 2 aliphatic rings. The Hall–Kier alpha value is -2.99. The van der Waals surface area contributed by atoms with Crippen LogP contribution in [-0.4, -0.2) is 46.7 Å². The Bertz CT molecular complexity index is 921. The summed E-state index contributed by atoms with van der Waals surface area (Å²) in [5, 5.41) is 0. The van der Waals surface area contributed by atoms with Gasteiger partial charge in [0.25, 0.3) is 17.7 Å². The van der Waals surface area contributed by atoms with Gasteiger partial charge >= 0.3 is 0 Å². The van der Waals surface area contributed by atoms with E-state index in [1.807, 2.05) is 17.9 Å². The maximum Gasteiger partial charge on any atom is 0.261 e. The van der Waals surface area contributed by atoms with Crippen LogP contribution in [0.3, 0.4) is 0 Å². The van der Waals surface area contributed by atoms with Crippen LogP contribution in [0.25, 0.3) is 0 Å². The molecule has 0 aromatic heterocycles. The van der Waals surface area contributed by atoms with Crippen molar-refractivity contribution in [1.29, 1.82) is 0 Å². The predicted octanol–water partition coefficient (Wildman–Crippen LogP) is 2.29. The molecule has 2 unspecified atom stereocenters. The predicted molar refractivity (Wildman–Crippen MR) is 105 cm³/mol. The monoisotopic (exact) mass is 377 g/mol. The van der Waals surface area contributed by atoms with E-state index < -0.39 is 0 Å². The molecule has 1 fully saturated rings. The number of nitrogens with zero attached hydrogens (tertiary/aromatic N) is 2. The highest BCUT2D eigenvalue weighted by Gasteiger charge is 2.35. The van der Waals surface area contributed by atoms with Crippen molar-refractivity contribution in [2.45, 2.75) is 25.9 Å². The van der Waals surface area contributed by atoms with E-state index in [4.69, 9.17) is 5.73 Å². The van der Waals surface area contributed by atoms with E-state index in [1.54, 1.807) is 42.5 Å². The Morgan fingerprint density at radius 2 is 1.75 bits per heavy atom. The molecule has 6 nitrogen and oxygen atoms in total. The van der Waals surface area contributed by atoms with Crippen LogP contribution in [0.1, 0.15) is 50.0 Å². The molecule has 4 rings (SSSR count). The highest BCUT2D eigenvalue weighted by Crippen LogP contribution is 2.26. The topological polar surface area (TPSA) is 83.7 Å². The standard InChI is InChI=1S/C22H23N3O3/c1-14-9-16(11-23)13-24(14)20(26)17-6-4-5-15(10-17)12-25-21(27)18-7-2-3-8-19(18)22(25)28/h2-8,10,14,16H,9,11-13,23H2,1H3. The second-order valence-corrected chi connectivity index (χ2v) is 7.59. The number of fused-ring (bicyclic) bond motifs is 1. The van der Waals surface area contributed by atoms with Crippen LogP contribution in [0, 0.1) is 5.92 Å². The first-order valence-electron chi connectivity index (χ1n) is 9.54. The number of hydrogen-bond acceptors (Lipinski definition) is 4. The molecule has 1 saturated heterocycles. The molecule has 3 amide bonds. The molecule has 28 heavy (non-hydrogen) atoms. The SMILES string of the molecule is CC1CC(CN)CN1C(=O)c1cccc(CN2C(=O)c3ccccc3C2=O)c1. The number of carbonyl (C=O) groups is 3.